The second-order valence-corrected chi connectivity index (χ2v) is 5.86. The van der Waals surface area contributed by atoms with Crippen molar-refractivity contribution in [2.45, 2.75) is 25.7 Å². The van der Waals surface area contributed by atoms with Crippen molar-refractivity contribution < 1.29 is 8.42 Å². The van der Waals surface area contributed by atoms with E-state index in [2.05, 4.69) is 14.9 Å². The SMILES string of the molecule is Cc1cccc(NS(=O)(=O)c2cn[nH]c2C)c1C. The first-order valence-electron chi connectivity index (χ1n) is 5.51. The summed E-state index contributed by atoms with van der Waals surface area (Å²) in [7, 11) is -3.58. The molecule has 0 atom stereocenters. The summed E-state index contributed by atoms with van der Waals surface area (Å²) in [5.74, 6) is 0. The van der Waals surface area contributed by atoms with Gasteiger partial charge in [0.2, 0.25) is 0 Å². The van der Waals surface area contributed by atoms with Gasteiger partial charge in [-0.05, 0) is 38.0 Å². The van der Waals surface area contributed by atoms with Crippen molar-refractivity contribution >= 4 is 15.7 Å². The molecule has 1 aromatic carbocycles. The Morgan fingerprint density at radius 3 is 2.56 bits per heavy atom. The molecule has 0 aliphatic heterocycles. The maximum Gasteiger partial charge on any atom is 0.265 e. The molecule has 0 bridgehead atoms. The lowest BCUT2D eigenvalue weighted by Gasteiger charge is -2.11. The Morgan fingerprint density at radius 1 is 1.22 bits per heavy atom. The molecule has 1 heterocycles. The van der Waals surface area contributed by atoms with E-state index >= 15 is 0 Å². The van der Waals surface area contributed by atoms with Gasteiger partial charge >= 0.3 is 0 Å². The number of hydrogen-bond acceptors (Lipinski definition) is 3. The summed E-state index contributed by atoms with van der Waals surface area (Å²) in [4.78, 5) is 0.170. The number of aryl methyl sites for hydroxylation is 2. The highest BCUT2D eigenvalue weighted by Gasteiger charge is 2.19. The van der Waals surface area contributed by atoms with Gasteiger partial charge in [-0.15, -0.1) is 0 Å². The molecule has 18 heavy (non-hydrogen) atoms. The van der Waals surface area contributed by atoms with Crippen molar-refractivity contribution in [2.75, 3.05) is 4.72 Å². The number of sulfonamides is 1. The summed E-state index contributed by atoms with van der Waals surface area (Å²) >= 11 is 0. The van der Waals surface area contributed by atoms with E-state index in [1.807, 2.05) is 26.0 Å². The Kier molecular flexibility index (Phi) is 3.13. The number of aromatic nitrogens is 2. The lowest BCUT2D eigenvalue weighted by atomic mass is 10.1. The van der Waals surface area contributed by atoms with E-state index in [1.165, 1.54) is 6.20 Å². The lowest BCUT2D eigenvalue weighted by Crippen LogP contribution is -2.14. The van der Waals surface area contributed by atoms with Crippen LogP contribution < -0.4 is 4.72 Å². The van der Waals surface area contributed by atoms with Gasteiger partial charge in [0, 0.05) is 0 Å². The second kappa shape index (κ2) is 4.45. The quantitative estimate of drug-likeness (QED) is 0.892. The van der Waals surface area contributed by atoms with E-state index in [0.717, 1.165) is 11.1 Å². The zero-order chi connectivity index (χ0) is 13.3. The summed E-state index contributed by atoms with van der Waals surface area (Å²) < 4.78 is 26.9. The van der Waals surface area contributed by atoms with Crippen molar-refractivity contribution in [3.8, 4) is 0 Å². The van der Waals surface area contributed by atoms with Crippen molar-refractivity contribution in [3.05, 3.63) is 41.2 Å². The third-order valence-electron chi connectivity index (χ3n) is 2.92. The Balaban J connectivity index is 2.40. The molecule has 0 saturated heterocycles. The maximum atomic E-state index is 12.2. The Bertz CT molecular complexity index is 674. The van der Waals surface area contributed by atoms with Crippen molar-refractivity contribution in [1.29, 1.82) is 0 Å². The van der Waals surface area contributed by atoms with Crippen LogP contribution in [-0.4, -0.2) is 18.6 Å². The first kappa shape index (κ1) is 12.6. The minimum absolute atomic E-state index is 0.170. The number of hydrogen-bond donors (Lipinski definition) is 2. The average Bonchev–Trinajstić information content (AvgIpc) is 2.72. The van der Waals surface area contributed by atoms with Crippen LogP contribution in [0.15, 0.2) is 29.3 Å². The summed E-state index contributed by atoms with van der Waals surface area (Å²) in [6.45, 7) is 5.50. The molecule has 0 unspecified atom stereocenters. The summed E-state index contributed by atoms with van der Waals surface area (Å²) in [5.41, 5.74) is 3.07. The van der Waals surface area contributed by atoms with Crippen LogP contribution in [0.3, 0.4) is 0 Å². The minimum atomic E-state index is -3.58. The number of aromatic amines is 1. The first-order valence-corrected chi connectivity index (χ1v) is 6.99. The van der Waals surface area contributed by atoms with E-state index < -0.39 is 10.0 Å². The Labute approximate surface area is 106 Å². The van der Waals surface area contributed by atoms with Gasteiger partial charge in [0.25, 0.3) is 10.0 Å². The minimum Gasteiger partial charge on any atom is -0.281 e. The van der Waals surface area contributed by atoms with E-state index in [1.54, 1.807) is 13.0 Å². The van der Waals surface area contributed by atoms with Crippen molar-refractivity contribution in [2.24, 2.45) is 0 Å². The molecule has 0 fully saturated rings. The molecule has 0 aliphatic carbocycles. The monoisotopic (exact) mass is 265 g/mol. The molecule has 0 amide bonds. The molecule has 0 saturated carbocycles. The summed E-state index contributed by atoms with van der Waals surface area (Å²) in [6.07, 6.45) is 1.31. The molecule has 2 rings (SSSR count). The van der Waals surface area contributed by atoms with Gasteiger partial charge in [-0.25, -0.2) is 8.42 Å². The largest absolute Gasteiger partial charge is 0.281 e. The normalized spacial score (nSPS) is 11.5. The lowest BCUT2D eigenvalue weighted by molar-refractivity contribution is 0.600. The molecule has 5 nitrogen and oxygen atoms in total. The van der Waals surface area contributed by atoms with Crippen LogP contribution in [-0.2, 0) is 10.0 Å². The number of nitrogens with one attached hydrogen (secondary N) is 2. The highest BCUT2D eigenvalue weighted by atomic mass is 32.2. The molecular weight excluding hydrogens is 250 g/mol. The smallest absolute Gasteiger partial charge is 0.265 e. The van der Waals surface area contributed by atoms with Crippen molar-refractivity contribution in [3.63, 3.8) is 0 Å². The fraction of sp³-hybridized carbons (Fsp3) is 0.250. The molecule has 2 aromatic rings. The van der Waals surface area contributed by atoms with Gasteiger partial charge in [-0.2, -0.15) is 5.10 Å². The molecule has 0 spiro atoms. The van der Waals surface area contributed by atoms with E-state index in [-0.39, 0.29) is 4.90 Å². The molecule has 0 radical (unpaired) electrons. The molecular formula is C12H15N3O2S. The van der Waals surface area contributed by atoms with Crippen LogP contribution >= 0.6 is 0 Å². The Hall–Kier alpha value is -1.82. The molecule has 6 heteroatoms. The van der Waals surface area contributed by atoms with Crippen LogP contribution in [0.4, 0.5) is 5.69 Å². The van der Waals surface area contributed by atoms with E-state index in [4.69, 9.17) is 0 Å². The van der Waals surface area contributed by atoms with Crippen LogP contribution in [0, 0.1) is 20.8 Å². The van der Waals surface area contributed by atoms with Gasteiger partial charge in [-0.1, -0.05) is 12.1 Å². The fourth-order valence-corrected chi connectivity index (χ4v) is 2.93. The molecule has 1 aromatic heterocycles. The predicted molar refractivity (Wildman–Crippen MR) is 70.0 cm³/mol. The highest BCUT2D eigenvalue weighted by molar-refractivity contribution is 7.92. The molecule has 96 valence electrons. The second-order valence-electron chi connectivity index (χ2n) is 4.21. The predicted octanol–water partition coefficient (Wildman–Crippen LogP) is 2.14. The van der Waals surface area contributed by atoms with E-state index in [9.17, 15) is 8.42 Å². The number of nitrogens with zero attached hydrogens (tertiary/aromatic N) is 1. The van der Waals surface area contributed by atoms with Crippen LogP contribution in [0.2, 0.25) is 0 Å². The number of anilines is 1. The summed E-state index contributed by atoms with van der Waals surface area (Å²) in [5, 5.41) is 6.34. The van der Waals surface area contributed by atoms with Crippen LogP contribution in [0.5, 0.6) is 0 Å². The third-order valence-corrected chi connectivity index (χ3v) is 4.40. The summed E-state index contributed by atoms with van der Waals surface area (Å²) in [6, 6.07) is 5.51. The number of benzene rings is 1. The van der Waals surface area contributed by atoms with Gasteiger partial charge in [0.15, 0.2) is 0 Å². The van der Waals surface area contributed by atoms with Crippen LogP contribution in [0.25, 0.3) is 0 Å². The van der Waals surface area contributed by atoms with Crippen molar-refractivity contribution in [1.82, 2.24) is 10.2 Å². The van der Waals surface area contributed by atoms with E-state index in [0.29, 0.717) is 11.4 Å². The Morgan fingerprint density at radius 2 is 1.94 bits per heavy atom. The van der Waals surface area contributed by atoms with Gasteiger partial charge < -0.3 is 0 Å². The van der Waals surface area contributed by atoms with Crippen LogP contribution in [0.1, 0.15) is 16.8 Å². The van der Waals surface area contributed by atoms with Gasteiger partial charge in [0.05, 0.1) is 17.6 Å². The zero-order valence-corrected chi connectivity index (χ0v) is 11.3. The standard InChI is InChI=1S/C12H15N3O2S/c1-8-5-4-6-11(9(8)2)15-18(16,17)12-7-13-14-10(12)3/h4-7,15H,1-3H3,(H,13,14). The maximum absolute atomic E-state index is 12.2. The number of H-pyrrole nitrogens is 1. The van der Waals surface area contributed by atoms with Gasteiger partial charge in [0.1, 0.15) is 4.90 Å². The molecule has 2 N–H and O–H groups in total. The molecule has 0 aliphatic rings. The topological polar surface area (TPSA) is 74.8 Å². The highest BCUT2D eigenvalue weighted by Crippen LogP contribution is 2.22. The third kappa shape index (κ3) is 2.24. The first-order chi connectivity index (χ1) is 8.42. The fourth-order valence-electron chi connectivity index (χ4n) is 1.67. The zero-order valence-electron chi connectivity index (χ0n) is 10.5. The number of rotatable bonds is 3. The van der Waals surface area contributed by atoms with Gasteiger partial charge in [-0.3, -0.25) is 9.82 Å². The average molecular weight is 265 g/mol.